The Bertz CT molecular complexity index is 638. The molecule has 0 unspecified atom stereocenters. The van der Waals surface area contributed by atoms with Crippen molar-refractivity contribution in [1.29, 1.82) is 0 Å². The number of ether oxygens (including phenoxy) is 1. The largest absolute Gasteiger partial charge is 0.496 e. The number of fused-ring (bicyclic) bond motifs is 1. The van der Waals surface area contributed by atoms with Crippen LogP contribution in [0.25, 0.3) is 11.0 Å². The third-order valence-corrected chi connectivity index (χ3v) is 3.29. The summed E-state index contributed by atoms with van der Waals surface area (Å²) in [5.74, 6) is 0.765. The number of hydrogen-bond donors (Lipinski definition) is 2. The van der Waals surface area contributed by atoms with Crippen molar-refractivity contribution >= 4 is 16.9 Å². The van der Waals surface area contributed by atoms with Gasteiger partial charge >= 0.3 is 0 Å². The first-order valence-electron chi connectivity index (χ1n) is 6.62. The summed E-state index contributed by atoms with van der Waals surface area (Å²) >= 11 is 0. The maximum absolute atomic E-state index is 12.0. The predicted molar refractivity (Wildman–Crippen MR) is 78.7 cm³/mol. The molecule has 0 fully saturated rings. The highest BCUT2D eigenvalue weighted by Crippen LogP contribution is 2.29. The van der Waals surface area contributed by atoms with Crippen molar-refractivity contribution in [2.75, 3.05) is 7.11 Å². The number of amides is 1. The van der Waals surface area contributed by atoms with Crippen LogP contribution < -0.4 is 10.1 Å². The van der Waals surface area contributed by atoms with Crippen molar-refractivity contribution < 1.29 is 9.53 Å². The van der Waals surface area contributed by atoms with Crippen LogP contribution >= 0.6 is 0 Å². The van der Waals surface area contributed by atoms with E-state index >= 15 is 0 Å². The van der Waals surface area contributed by atoms with E-state index in [2.05, 4.69) is 15.3 Å². The number of methoxy groups -OCH3 is 1. The molecule has 2 aromatic rings. The maximum Gasteiger partial charge on any atom is 0.225 e. The van der Waals surface area contributed by atoms with Gasteiger partial charge in [0.15, 0.2) is 0 Å². The van der Waals surface area contributed by atoms with Crippen molar-refractivity contribution in [3.05, 3.63) is 23.5 Å². The van der Waals surface area contributed by atoms with E-state index in [-0.39, 0.29) is 5.91 Å². The molecule has 1 aromatic carbocycles. The fourth-order valence-electron chi connectivity index (χ4n) is 2.09. The molecule has 20 heavy (non-hydrogen) atoms. The predicted octanol–water partition coefficient (Wildman–Crippen LogP) is 2.54. The van der Waals surface area contributed by atoms with Crippen molar-refractivity contribution in [3.63, 3.8) is 0 Å². The molecule has 0 bridgehead atoms. The zero-order chi connectivity index (χ0) is 14.9. The van der Waals surface area contributed by atoms with Crippen molar-refractivity contribution in [2.24, 2.45) is 5.41 Å². The Morgan fingerprint density at radius 2 is 2.15 bits per heavy atom. The summed E-state index contributed by atoms with van der Waals surface area (Å²) < 4.78 is 5.42. The summed E-state index contributed by atoms with van der Waals surface area (Å²) in [4.78, 5) is 19.4. The summed E-state index contributed by atoms with van der Waals surface area (Å²) in [6, 6.07) is 1.95. The first-order chi connectivity index (χ1) is 9.34. The van der Waals surface area contributed by atoms with Crippen molar-refractivity contribution in [3.8, 4) is 5.75 Å². The molecule has 2 N–H and O–H groups in total. The topological polar surface area (TPSA) is 67.0 Å². The standard InChI is InChI=1S/C15H21N3O2/c1-9-6-11(20-5)10(13-12(9)17-8-18-13)7-16-14(19)15(2,3)4/h6,8H,7H2,1-5H3,(H,16,19)(H,17,18). The molecular formula is C15H21N3O2. The highest BCUT2D eigenvalue weighted by molar-refractivity contribution is 5.85. The van der Waals surface area contributed by atoms with Gasteiger partial charge in [-0.05, 0) is 18.6 Å². The van der Waals surface area contributed by atoms with Crippen LogP contribution in [0.15, 0.2) is 12.4 Å². The Morgan fingerprint density at radius 3 is 2.75 bits per heavy atom. The third kappa shape index (κ3) is 2.61. The van der Waals surface area contributed by atoms with Gasteiger partial charge < -0.3 is 15.0 Å². The molecule has 1 aromatic heterocycles. The molecule has 108 valence electrons. The molecule has 0 saturated carbocycles. The number of rotatable bonds is 3. The molecule has 0 saturated heterocycles. The van der Waals surface area contributed by atoms with Crippen LogP contribution in [0.2, 0.25) is 0 Å². The van der Waals surface area contributed by atoms with Gasteiger partial charge in [0.25, 0.3) is 0 Å². The normalized spacial score (nSPS) is 11.7. The SMILES string of the molecule is COc1cc(C)c2nc[nH]c2c1CNC(=O)C(C)(C)C. The molecule has 5 nitrogen and oxygen atoms in total. The van der Waals surface area contributed by atoms with Gasteiger partial charge in [0.1, 0.15) is 5.75 Å². The minimum absolute atomic E-state index is 0.00722. The van der Waals surface area contributed by atoms with Crippen molar-refractivity contribution in [1.82, 2.24) is 15.3 Å². The molecule has 1 heterocycles. The van der Waals surface area contributed by atoms with Crippen LogP contribution in [0.3, 0.4) is 0 Å². The number of nitrogens with zero attached hydrogens (tertiary/aromatic N) is 1. The second-order valence-electron chi connectivity index (χ2n) is 5.93. The first-order valence-corrected chi connectivity index (χ1v) is 6.62. The molecule has 0 radical (unpaired) electrons. The quantitative estimate of drug-likeness (QED) is 0.904. The molecule has 1 amide bonds. The summed E-state index contributed by atoms with van der Waals surface area (Å²) in [7, 11) is 1.63. The number of aryl methyl sites for hydroxylation is 1. The number of imidazole rings is 1. The number of H-pyrrole nitrogens is 1. The fraction of sp³-hybridized carbons (Fsp3) is 0.467. The molecule has 0 aliphatic carbocycles. The molecule has 0 spiro atoms. The average Bonchev–Trinajstić information content (AvgIpc) is 2.85. The maximum atomic E-state index is 12.0. The van der Waals surface area contributed by atoms with Crippen LogP contribution in [0.1, 0.15) is 31.9 Å². The summed E-state index contributed by atoms with van der Waals surface area (Å²) in [6.45, 7) is 8.07. The lowest BCUT2D eigenvalue weighted by atomic mass is 9.95. The fourth-order valence-corrected chi connectivity index (χ4v) is 2.09. The lowest BCUT2D eigenvalue weighted by molar-refractivity contribution is -0.128. The van der Waals surface area contributed by atoms with Gasteiger partial charge in [-0.3, -0.25) is 4.79 Å². The van der Waals surface area contributed by atoms with E-state index < -0.39 is 5.41 Å². The lowest BCUT2D eigenvalue weighted by Crippen LogP contribution is -2.34. The number of hydrogen-bond acceptors (Lipinski definition) is 3. The molecule has 0 atom stereocenters. The number of carbonyl (C=O) groups excluding carboxylic acids is 1. The van der Waals surface area contributed by atoms with E-state index in [4.69, 9.17) is 4.74 Å². The second kappa shape index (κ2) is 5.15. The number of nitrogens with one attached hydrogen (secondary N) is 2. The summed E-state index contributed by atoms with van der Waals surface area (Å²) in [5, 5.41) is 2.95. The van der Waals surface area contributed by atoms with E-state index in [9.17, 15) is 4.79 Å². The van der Waals surface area contributed by atoms with E-state index in [1.807, 2.05) is 33.8 Å². The Morgan fingerprint density at radius 1 is 1.45 bits per heavy atom. The number of carbonyl (C=O) groups is 1. The summed E-state index contributed by atoms with van der Waals surface area (Å²) in [5.41, 5.74) is 3.37. The number of aromatic amines is 1. The first kappa shape index (κ1) is 14.4. The van der Waals surface area contributed by atoms with Gasteiger partial charge in [-0.2, -0.15) is 0 Å². The van der Waals surface area contributed by atoms with Crippen LogP contribution in [0.4, 0.5) is 0 Å². The molecule has 5 heteroatoms. The Labute approximate surface area is 118 Å². The van der Waals surface area contributed by atoms with Crippen LogP contribution in [0, 0.1) is 12.3 Å². The monoisotopic (exact) mass is 275 g/mol. The van der Waals surface area contributed by atoms with Crippen LogP contribution in [-0.2, 0) is 11.3 Å². The molecular weight excluding hydrogens is 254 g/mol. The minimum Gasteiger partial charge on any atom is -0.496 e. The van der Waals surface area contributed by atoms with Crippen molar-refractivity contribution in [2.45, 2.75) is 34.2 Å². The van der Waals surface area contributed by atoms with Gasteiger partial charge in [0.05, 0.1) is 24.5 Å². The van der Waals surface area contributed by atoms with E-state index in [0.717, 1.165) is 27.9 Å². The number of benzene rings is 1. The van der Waals surface area contributed by atoms with Gasteiger partial charge in [0.2, 0.25) is 5.91 Å². The lowest BCUT2D eigenvalue weighted by Gasteiger charge is -2.19. The number of aromatic nitrogens is 2. The zero-order valence-electron chi connectivity index (χ0n) is 12.6. The second-order valence-corrected chi connectivity index (χ2v) is 5.93. The minimum atomic E-state index is -0.412. The highest BCUT2D eigenvalue weighted by atomic mass is 16.5. The highest BCUT2D eigenvalue weighted by Gasteiger charge is 2.22. The van der Waals surface area contributed by atoms with E-state index in [1.165, 1.54) is 0 Å². The Hall–Kier alpha value is -2.04. The van der Waals surface area contributed by atoms with Gasteiger partial charge in [-0.1, -0.05) is 20.8 Å². The third-order valence-electron chi connectivity index (χ3n) is 3.29. The van der Waals surface area contributed by atoms with Gasteiger partial charge in [-0.25, -0.2) is 4.98 Å². The van der Waals surface area contributed by atoms with E-state index in [1.54, 1.807) is 13.4 Å². The molecule has 0 aliphatic heterocycles. The van der Waals surface area contributed by atoms with E-state index in [0.29, 0.717) is 6.54 Å². The van der Waals surface area contributed by atoms with Gasteiger partial charge in [0, 0.05) is 17.5 Å². The Balaban J connectivity index is 2.36. The Kier molecular flexibility index (Phi) is 3.70. The smallest absolute Gasteiger partial charge is 0.225 e. The zero-order valence-corrected chi connectivity index (χ0v) is 12.6. The molecule has 2 rings (SSSR count). The van der Waals surface area contributed by atoms with Crippen LogP contribution in [0.5, 0.6) is 5.75 Å². The molecule has 0 aliphatic rings. The summed E-state index contributed by atoms with van der Waals surface area (Å²) in [6.07, 6.45) is 1.66. The van der Waals surface area contributed by atoms with Gasteiger partial charge in [-0.15, -0.1) is 0 Å². The average molecular weight is 275 g/mol. The van der Waals surface area contributed by atoms with Crippen LogP contribution in [-0.4, -0.2) is 23.0 Å².